The fourth-order valence-corrected chi connectivity index (χ4v) is 4.19. The van der Waals surface area contributed by atoms with Crippen LogP contribution in [0.4, 0.5) is 10.7 Å². The Labute approximate surface area is 196 Å². The first-order valence-corrected chi connectivity index (χ1v) is 11.5. The van der Waals surface area contributed by atoms with Crippen molar-refractivity contribution in [2.24, 2.45) is 0 Å². The highest BCUT2D eigenvalue weighted by molar-refractivity contribution is 7.15. The van der Waals surface area contributed by atoms with E-state index in [0.29, 0.717) is 32.7 Å². The maximum absolute atomic E-state index is 12.7. The largest absolute Gasteiger partial charge is 0.462 e. The number of rotatable bonds is 9. The van der Waals surface area contributed by atoms with Crippen molar-refractivity contribution < 1.29 is 28.4 Å². The van der Waals surface area contributed by atoms with Gasteiger partial charge in [-0.2, -0.15) is 0 Å². The standard InChI is InChI=1S/C24H27N3O5S/c1-5-31-24(30)22-18(19-11-8-16(3)32-19)14-33-23(22)26-21(29)13-27(4)12-20(28)25-17-9-6-15(2)7-10-17/h6-11,14H,5,12-13H2,1-4H3,(H,25,28)(H,26,29)/p+1. The van der Waals surface area contributed by atoms with Crippen LogP contribution in [0, 0.1) is 13.8 Å². The van der Waals surface area contributed by atoms with Crippen LogP contribution < -0.4 is 15.5 Å². The van der Waals surface area contributed by atoms with Crippen molar-refractivity contribution in [3.63, 3.8) is 0 Å². The van der Waals surface area contributed by atoms with Gasteiger partial charge < -0.3 is 24.7 Å². The smallest absolute Gasteiger partial charge is 0.341 e. The van der Waals surface area contributed by atoms with Crippen LogP contribution in [0.1, 0.15) is 28.6 Å². The monoisotopic (exact) mass is 470 g/mol. The van der Waals surface area contributed by atoms with Crippen LogP contribution in [0.3, 0.4) is 0 Å². The van der Waals surface area contributed by atoms with E-state index in [4.69, 9.17) is 9.15 Å². The average Bonchev–Trinajstić information content (AvgIpc) is 3.35. The first kappa shape index (κ1) is 24.2. The molecule has 0 radical (unpaired) electrons. The van der Waals surface area contributed by atoms with Crippen LogP contribution in [-0.4, -0.2) is 44.5 Å². The molecule has 0 saturated carbocycles. The van der Waals surface area contributed by atoms with E-state index in [1.807, 2.05) is 38.1 Å². The number of likely N-dealkylation sites (N-methyl/N-ethyl adjacent to an activating group) is 1. The topological polar surface area (TPSA) is 102 Å². The van der Waals surface area contributed by atoms with E-state index in [-0.39, 0.29) is 37.1 Å². The lowest BCUT2D eigenvalue weighted by atomic mass is 10.1. The Kier molecular flexibility index (Phi) is 8.02. The van der Waals surface area contributed by atoms with E-state index >= 15 is 0 Å². The average molecular weight is 471 g/mol. The number of furan rings is 1. The summed E-state index contributed by atoms with van der Waals surface area (Å²) < 4.78 is 10.8. The van der Waals surface area contributed by atoms with Crippen LogP contribution >= 0.6 is 11.3 Å². The van der Waals surface area contributed by atoms with Crippen molar-refractivity contribution >= 4 is 39.8 Å². The minimum Gasteiger partial charge on any atom is -0.462 e. The lowest BCUT2D eigenvalue weighted by molar-refractivity contribution is -0.862. The summed E-state index contributed by atoms with van der Waals surface area (Å²) in [5, 5.41) is 7.76. The lowest BCUT2D eigenvalue weighted by Gasteiger charge is -2.14. The second-order valence-corrected chi connectivity index (χ2v) is 8.64. The molecule has 1 aromatic carbocycles. The van der Waals surface area contributed by atoms with E-state index in [2.05, 4.69) is 10.6 Å². The molecule has 0 bridgehead atoms. The molecule has 2 amide bonds. The Morgan fingerprint density at radius 3 is 2.27 bits per heavy atom. The van der Waals surface area contributed by atoms with Crippen LogP contribution in [0.25, 0.3) is 11.3 Å². The van der Waals surface area contributed by atoms with Gasteiger partial charge in [0.15, 0.2) is 13.1 Å². The predicted molar refractivity (Wildman–Crippen MR) is 128 cm³/mol. The molecule has 3 aromatic rings. The fraction of sp³-hybridized carbons (Fsp3) is 0.292. The van der Waals surface area contributed by atoms with Crippen LogP contribution in [0.5, 0.6) is 0 Å². The van der Waals surface area contributed by atoms with E-state index in [9.17, 15) is 14.4 Å². The highest BCUT2D eigenvalue weighted by Gasteiger charge is 2.25. The van der Waals surface area contributed by atoms with E-state index in [1.54, 1.807) is 31.5 Å². The van der Waals surface area contributed by atoms with Gasteiger partial charge in [0.1, 0.15) is 22.1 Å². The van der Waals surface area contributed by atoms with Gasteiger partial charge in [-0.15, -0.1) is 11.3 Å². The molecule has 174 valence electrons. The Morgan fingerprint density at radius 1 is 1.00 bits per heavy atom. The number of anilines is 2. The zero-order valence-electron chi connectivity index (χ0n) is 19.1. The van der Waals surface area contributed by atoms with Gasteiger partial charge in [-0.1, -0.05) is 17.7 Å². The third kappa shape index (κ3) is 6.53. The second-order valence-electron chi connectivity index (χ2n) is 7.76. The number of carbonyl (C=O) groups excluding carboxylic acids is 3. The van der Waals surface area contributed by atoms with Crippen molar-refractivity contribution in [1.29, 1.82) is 0 Å². The number of esters is 1. The molecule has 0 aliphatic heterocycles. The molecular weight excluding hydrogens is 442 g/mol. The van der Waals surface area contributed by atoms with Crippen molar-refractivity contribution in [2.45, 2.75) is 20.8 Å². The predicted octanol–water partition coefficient (Wildman–Crippen LogP) is 2.89. The summed E-state index contributed by atoms with van der Waals surface area (Å²) in [6.45, 7) is 5.89. The summed E-state index contributed by atoms with van der Waals surface area (Å²) in [6, 6.07) is 11.1. The van der Waals surface area contributed by atoms with Gasteiger partial charge in [0, 0.05) is 16.6 Å². The quantitative estimate of drug-likeness (QED) is 0.418. The Balaban J connectivity index is 1.64. The van der Waals surface area contributed by atoms with Crippen molar-refractivity contribution in [2.75, 3.05) is 37.4 Å². The van der Waals surface area contributed by atoms with Crippen LogP contribution in [-0.2, 0) is 14.3 Å². The number of amides is 2. The minimum absolute atomic E-state index is 0.0523. The molecule has 0 aliphatic carbocycles. The SMILES string of the molecule is CCOC(=O)c1c(-c2ccc(C)o2)csc1NC(=O)C[NH+](C)CC(=O)Nc1ccc(C)cc1. The minimum atomic E-state index is -0.531. The third-order valence-electron chi connectivity index (χ3n) is 4.79. The van der Waals surface area contributed by atoms with Gasteiger partial charge in [-0.25, -0.2) is 4.79 Å². The first-order chi connectivity index (χ1) is 15.8. The van der Waals surface area contributed by atoms with Gasteiger partial charge in [0.05, 0.1) is 13.7 Å². The Bertz CT molecular complexity index is 1130. The lowest BCUT2D eigenvalue weighted by Crippen LogP contribution is -3.11. The van der Waals surface area contributed by atoms with Gasteiger partial charge >= 0.3 is 5.97 Å². The Hall–Kier alpha value is -3.43. The number of hydrogen-bond donors (Lipinski definition) is 3. The summed E-state index contributed by atoms with van der Waals surface area (Å²) >= 11 is 1.23. The van der Waals surface area contributed by atoms with Crippen molar-refractivity contribution in [3.05, 3.63) is 58.7 Å². The number of hydrogen-bond acceptors (Lipinski definition) is 6. The van der Waals surface area contributed by atoms with E-state index < -0.39 is 5.97 Å². The molecule has 1 unspecified atom stereocenters. The van der Waals surface area contributed by atoms with Crippen molar-refractivity contribution in [3.8, 4) is 11.3 Å². The van der Waals surface area contributed by atoms with E-state index in [0.717, 1.165) is 5.56 Å². The zero-order valence-corrected chi connectivity index (χ0v) is 19.9. The maximum atomic E-state index is 12.7. The van der Waals surface area contributed by atoms with Crippen LogP contribution in [0.15, 0.2) is 46.2 Å². The molecule has 3 rings (SSSR count). The van der Waals surface area contributed by atoms with Crippen LogP contribution in [0.2, 0.25) is 0 Å². The molecule has 8 nitrogen and oxygen atoms in total. The summed E-state index contributed by atoms with van der Waals surface area (Å²) in [7, 11) is 1.76. The summed E-state index contributed by atoms with van der Waals surface area (Å²) in [5.74, 6) is 0.206. The summed E-state index contributed by atoms with van der Waals surface area (Å²) in [4.78, 5) is 38.2. The highest BCUT2D eigenvalue weighted by Crippen LogP contribution is 2.37. The molecule has 2 aromatic heterocycles. The molecule has 33 heavy (non-hydrogen) atoms. The fourth-order valence-electron chi connectivity index (χ4n) is 3.24. The van der Waals surface area contributed by atoms with Gasteiger partial charge in [-0.05, 0) is 45.0 Å². The summed E-state index contributed by atoms with van der Waals surface area (Å²) in [6.07, 6.45) is 0. The maximum Gasteiger partial charge on any atom is 0.341 e. The number of ether oxygens (including phenoxy) is 1. The number of aryl methyl sites for hydroxylation is 2. The highest BCUT2D eigenvalue weighted by atomic mass is 32.1. The molecule has 0 fully saturated rings. The molecule has 1 atom stereocenters. The Morgan fingerprint density at radius 2 is 1.67 bits per heavy atom. The molecule has 0 aliphatic rings. The third-order valence-corrected chi connectivity index (χ3v) is 5.68. The molecule has 9 heteroatoms. The van der Waals surface area contributed by atoms with Gasteiger partial charge in [-0.3, -0.25) is 9.59 Å². The number of thiophene rings is 1. The number of quaternary nitrogens is 1. The first-order valence-electron chi connectivity index (χ1n) is 10.6. The molecule has 0 saturated heterocycles. The molecular formula is C24H28N3O5S+. The number of nitrogens with one attached hydrogen (secondary N) is 3. The van der Waals surface area contributed by atoms with E-state index in [1.165, 1.54) is 11.3 Å². The zero-order chi connectivity index (χ0) is 24.0. The molecule has 3 N–H and O–H groups in total. The number of benzene rings is 1. The van der Waals surface area contributed by atoms with Gasteiger partial charge in [0.2, 0.25) is 0 Å². The normalized spacial score (nSPS) is 11.6. The summed E-state index contributed by atoms with van der Waals surface area (Å²) in [5.41, 5.74) is 2.65. The second kappa shape index (κ2) is 10.9. The van der Waals surface area contributed by atoms with Gasteiger partial charge in [0.25, 0.3) is 11.8 Å². The van der Waals surface area contributed by atoms with Crippen molar-refractivity contribution in [1.82, 2.24) is 0 Å². The number of carbonyl (C=O) groups is 3. The molecule has 2 heterocycles. The molecule has 0 spiro atoms.